The van der Waals surface area contributed by atoms with Crippen molar-refractivity contribution in [3.8, 4) is 5.75 Å². The number of aryl methyl sites for hydroxylation is 1. The van der Waals surface area contributed by atoms with Crippen LogP contribution in [0.3, 0.4) is 0 Å². The average molecular weight is 363 g/mol. The molecule has 0 heterocycles. The molecule has 1 aromatic rings. The Kier molecular flexibility index (Phi) is 8.75. The lowest BCUT2D eigenvalue weighted by Crippen LogP contribution is -2.30. The van der Waals surface area contributed by atoms with Crippen molar-refractivity contribution in [2.45, 2.75) is 39.5 Å². The minimum Gasteiger partial charge on any atom is -0.491 e. The van der Waals surface area contributed by atoms with Crippen LogP contribution in [0.2, 0.25) is 0 Å². The van der Waals surface area contributed by atoms with Gasteiger partial charge in [-0.05, 0) is 18.1 Å². The van der Waals surface area contributed by atoms with Crippen LogP contribution in [0.25, 0.3) is 0 Å². The summed E-state index contributed by atoms with van der Waals surface area (Å²) in [7, 11) is 0. The number of halogens is 3. The summed E-state index contributed by atoms with van der Waals surface area (Å²) in [6.45, 7) is 6.83. The second-order valence-corrected chi connectivity index (χ2v) is 5.38. The van der Waals surface area contributed by atoms with Gasteiger partial charge in [-0.1, -0.05) is 26.8 Å². The Morgan fingerprint density at radius 2 is 2.00 bits per heavy atom. The quantitative estimate of drug-likeness (QED) is 0.679. The molecule has 1 N–H and O–H groups in total. The lowest BCUT2D eigenvalue weighted by Gasteiger charge is -2.11. The zero-order valence-electron chi connectivity index (χ0n) is 14.9. The smallest absolute Gasteiger partial charge is 0.260 e. The summed E-state index contributed by atoms with van der Waals surface area (Å²) in [5, 5.41) is 2.40. The molecule has 144 valence electrons. The van der Waals surface area contributed by atoms with Crippen molar-refractivity contribution >= 4 is 5.91 Å². The van der Waals surface area contributed by atoms with Gasteiger partial charge < -0.3 is 14.8 Å². The normalized spacial score (nSPS) is 17.3. The van der Waals surface area contributed by atoms with Crippen LogP contribution in [0.15, 0.2) is 18.2 Å². The Bertz CT molecular complexity index is 558. The van der Waals surface area contributed by atoms with Gasteiger partial charge in [-0.3, -0.25) is 4.79 Å². The highest BCUT2D eigenvalue weighted by Gasteiger charge is 2.61. The summed E-state index contributed by atoms with van der Waals surface area (Å²) >= 11 is 0. The van der Waals surface area contributed by atoms with Gasteiger partial charge in [-0.15, -0.1) is 0 Å². The molecule has 1 aromatic carbocycles. The van der Waals surface area contributed by atoms with Gasteiger partial charge in [-0.25, -0.2) is 13.2 Å². The van der Waals surface area contributed by atoms with Gasteiger partial charge in [0.25, 0.3) is 5.92 Å². The van der Waals surface area contributed by atoms with E-state index in [1.165, 1.54) is 12.1 Å². The average Bonchev–Trinajstić information content (AvgIpc) is 3.24. The maximum atomic E-state index is 13.2. The number of carbonyl (C=O) groups is 1. The van der Waals surface area contributed by atoms with Crippen LogP contribution in [0.1, 0.15) is 34.2 Å². The zero-order valence-corrected chi connectivity index (χ0v) is 14.9. The summed E-state index contributed by atoms with van der Waals surface area (Å²) in [6.07, 6.45) is 0.356. The highest BCUT2D eigenvalue weighted by atomic mass is 19.3. The van der Waals surface area contributed by atoms with E-state index < -0.39 is 17.7 Å². The number of hydrogen-bond donors (Lipinski definition) is 1. The van der Waals surface area contributed by atoms with Crippen LogP contribution in [0.5, 0.6) is 5.75 Å². The molecule has 1 aliphatic rings. The lowest BCUT2D eigenvalue weighted by molar-refractivity contribution is -0.124. The van der Waals surface area contributed by atoms with E-state index >= 15 is 0 Å². The summed E-state index contributed by atoms with van der Waals surface area (Å²) in [4.78, 5) is 11.3. The molecule has 2 rings (SSSR count). The largest absolute Gasteiger partial charge is 0.491 e. The fraction of sp³-hybridized carbons (Fsp3) is 0.611. The van der Waals surface area contributed by atoms with Crippen LogP contribution >= 0.6 is 0 Å². The number of benzene rings is 1. The first-order valence-corrected chi connectivity index (χ1v) is 8.58. The molecule has 1 amide bonds. The van der Waals surface area contributed by atoms with E-state index in [-0.39, 0.29) is 40.0 Å². The molecule has 1 saturated carbocycles. The first kappa shape index (κ1) is 21.3. The van der Waals surface area contributed by atoms with Crippen molar-refractivity contribution in [3.63, 3.8) is 0 Å². The lowest BCUT2D eigenvalue weighted by atomic mass is 10.1. The predicted octanol–water partition coefficient (Wildman–Crippen LogP) is 3.83. The number of nitrogens with one attached hydrogen (secondary N) is 1. The molecule has 7 heteroatoms. The summed E-state index contributed by atoms with van der Waals surface area (Å²) in [6, 6.07) is 4.39. The van der Waals surface area contributed by atoms with Crippen LogP contribution in [0, 0.1) is 11.7 Å². The fourth-order valence-corrected chi connectivity index (χ4v) is 2.13. The minimum atomic E-state index is -2.85. The van der Waals surface area contributed by atoms with Gasteiger partial charge in [0.05, 0.1) is 13.2 Å². The van der Waals surface area contributed by atoms with E-state index in [4.69, 9.17) is 9.47 Å². The number of alkyl halides is 2. The standard InChI is InChI=1S/C16H20F3NO3.C2H6.H2/c1-2-11-3-4-12(17)9-14(11)23-8-7-22-6-5-20-15(21)13-10-16(13,18)19;1-2;/h3-4,9,13H,2,5-8,10H2,1H3,(H,20,21);1-2H3;1H. The molecule has 0 aromatic heterocycles. The van der Waals surface area contributed by atoms with Gasteiger partial charge in [0, 0.05) is 20.5 Å². The van der Waals surface area contributed by atoms with Crippen molar-refractivity contribution in [1.82, 2.24) is 5.32 Å². The van der Waals surface area contributed by atoms with E-state index in [1.807, 2.05) is 20.8 Å². The van der Waals surface area contributed by atoms with Gasteiger partial charge in [0.1, 0.15) is 24.1 Å². The first-order chi connectivity index (χ1) is 11.9. The molecule has 1 unspecified atom stereocenters. The van der Waals surface area contributed by atoms with Crippen molar-refractivity contribution < 1.29 is 28.9 Å². The molecule has 4 nitrogen and oxygen atoms in total. The van der Waals surface area contributed by atoms with E-state index in [0.29, 0.717) is 5.75 Å². The Balaban J connectivity index is 0.00000201. The van der Waals surface area contributed by atoms with Gasteiger partial charge in [0.2, 0.25) is 5.91 Å². The second-order valence-electron chi connectivity index (χ2n) is 5.38. The van der Waals surface area contributed by atoms with E-state index in [2.05, 4.69) is 5.32 Å². The molecule has 0 radical (unpaired) electrons. The van der Waals surface area contributed by atoms with Crippen molar-refractivity contribution in [1.29, 1.82) is 0 Å². The minimum absolute atomic E-state index is 0. The van der Waals surface area contributed by atoms with Crippen molar-refractivity contribution in [3.05, 3.63) is 29.6 Å². The fourth-order valence-electron chi connectivity index (χ4n) is 2.13. The third-order valence-corrected chi connectivity index (χ3v) is 3.58. The SMILES string of the molecule is CC.CCc1ccc(F)cc1OCCOCCNC(=O)C1CC1(F)F.[HH]. The monoisotopic (exact) mass is 363 g/mol. The van der Waals surface area contributed by atoms with Crippen molar-refractivity contribution in [2.24, 2.45) is 5.92 Å². The molecule has 25 heavy (non-hydrogen) atoms. The highest BCUT2D eigenvalue weighted by Crippen LogP contribution is 2.48. The van der Waals surface area contributed by atoms with Crippen LogP contribution in [0.4, 0.5) is 13.2 Å². The van der Waals surface area contributed by atoms with E-state index in [0.717, 1.165) is 12.0 Å². The number of carbonyl (C=O) groups excluding carboxylic acids is 1. The number of amides is 1. The summed E-state index contributed by atoms with van der Waals surface area (Å²) in [5.74, 6) is -4.55. The van der Waals surface area contributed by atoms with E-state index in [9.17, 15) is 18.0 Å². The van der Waals surface area contributed by atoms with Crippen LogP contribution < -0.4 is 10.1 Å². The molecule has 0 aliphatic heterocycles. The maximum Gasteiger partial charge on any atom is 0.260 e. The van der Waals surface area contributed by atoms with E-state index in [1.54, 1.807) is 6.07 Å². The predicted molar refractivity (Wildman–Crippen MR) is 91.6 cm³/mol. The van der Waals surface area contributed by atoms with Crippen LogP contribution in [-0.2, 0) is 16.0 Å². The third-order valence-electron chi connectivity index (χ3n) is 3.58. The molecular formula is C18H28F3NO3. The third kappa shape index (κ3) is 6.94. The molecule has 1 atom stereocenters. The molecule has 0 saturated heterocycles. The van der Waals surface area contributed by atoms with Crippen LogP contribution in [-0.4, -0.2) is 38.2 Å². The molecule has 0 bridgehead atoms. The number of ether oxygens (including phenoxy) is 2. The first-order valence-electron chi connectivity index (χ1n) is 8.58. The topological polar surface area (TPSA) is 47.6 Å². The Labute approximate surface area is 148 Å². The molecular weight excluding hydrogens is 335 g/mol. The maximum absolute atomic E-state index is 13.2. The van der Waals surface area contributed by atoms with Crippen molar-refractivity contribution in [2.75, 3.05) is 26.4 Å². The molecule has 1 aliphatic carbocycles. The van der Waals surface area contributed by atoms with Gasteiger partial charge >= 0.3 is 0 Å². The molecule has 1 fully saturated rings. The van der Waals surface area contributed by atoms with Gasteiger partial charge in [0.15, 0.2) is 0 Å². The number of hydrogen-bond acceptors (Lipinski definition) is 3. The van der Waals surface area contributed by atoms with Gasteiger partial charge in [-0.2, -0.15) is 0 Å². The summed E-state index contributed by atoms with van der Waals surface area (Å²) in [5.41, 5.74) is 0.907. The Morgan fingerprint density at radius 3 is 2.60 bits per heavy atom. The number of rotatable bonds is 9. The Morgan fingerprint density at radius 1 is 1.32 bits per heavy atom. The highest BCUT2D eigenvalue weighted by molar-refractivity contribution is 5.82. The zero-order chi connectivity index (χ0) is 18.9. The Hall–Kier alpha value is -1.76. The molecule has 0 spiro atoms. The summed E-state index contributed by atoms with van der Waals surface area (Å²) < 4.78 is 49.1. The second kappa shape index (κ2) is 10.3.